The second kappa shape index (κ2) is 8.40. The minimum atomic E-state index is -3.53. The van der Waals surface area contributed by atoms with Crippen molar-refractivity contribution < 1.29 is 13.2 Å². The van der Waals surface area contributed by atoms with Crippen LogP contribution in [0.15, 0.2) is 33.6 Å². The van der Waals surface area contributed by atoms with Crippen molar-refractivity contribution in [2.24, 2.45) is 11.8 Å². The molecule has 0 spiro atoms. The van der Waals surface area contributed by atoms with E-state index in [0.29, 0.717) is 36.6 Å². The van der Waals surface area contributed by atoms with Gasteiger partial charge >= 0.3 is 0 Å². The number of hydrogen-bond donors (Lipinski definition) is 0. The summed E-state index contributed by atoms with van der Waals surface area (Å²) in [5.74, 6) is 0.894. The Bertz CT molecular complexity index is 739. The van der Waals surface area contributed by atoms with E-state index < -0.39 is 10.0 Å². The molecule has 0 aromatic heterocycles. The quantitative estimate of drug-likeness (QED) is 0.700. The third-order valence-electron chi connectivity index (χ3n) is 5.59. The van der Waals surface area contributed by atoms with Crippen LogP contribution >= 0.6 is 15.9 Å². The fourth-order valence-electron chi connectivity index (χ4n) is 4.10. The summed E-state index contributed by atoms with van der Waals surface area (Å²) in [6, 6.07) is 6.87. The number of halogens is 1. The monoisotopic (exact) mass is 442 g/mol. The maximum Gasteiger partial charge on any atom is 0.244 e. The second-order valence-electron chi connectivity index (χ2n) is 7.45. The molecule has 5 nitrogen and oxygen atoms in total. The Balaban J connectivity index is 1.58. The Kier molecular flexibility index (Phi) is 6.41. The molecule has 1 atom stereocenters. The Morgan fingerprint density at radius 3 is 2.38 bits per heavy atom. The zero-order valence-electron chi connectivity index (χ0n) is 15.2. The maximum absolute atomic E-state index is 12.8. The molecule has 7 heteroatoms. The average Bonchev–Trinajstić information content (AvgIpc) is 3.14. The fraction of sp³-hybridized carbons (Fsp3) is 0.632. The molecule has 1 aliphatic heterocycles. The summed E-state index contributed by atoms with van der Waals surface area (Å²) in [5, 5.41) is 0. The molecule has 26 heavy (non-hydrogen) atoms. The molecule has 1 heterocycles. The minimum Gasteiger partial charge on any atom is -0.340 e. The molecular weight excluding hydrogens is 416 g/mol. The molecule has 1 unspecified atom stereocenters. The zero-order chi connectivity index (χ0) is 18.7. The van der Waals surface area contributed by atoms with Crippen LogP contribution < -0.4 is 0 Å². The molecule has 3 rings (SSSR count). The SMILES string of the molecule is CC(CC1CCCC1)C(=O)N1CCN(S(=O)(=O)c2ccccc2Br)CC1. The molecule has 1 aromatic rings. The summed E-state index contributed by atoms with van der Waals surface area (Å²) in [4.78, 5) is 14.8. The molecule has 1 amide bonds. The van der Waals surface area contributed by atoms with Crippen LogP contribution in [0.4, 0.5) is 0 Å². The highest BCUT2D eigenvalue weighted by Crippen LogP contribution is 2.31. The van der Waals surface area contributed by atoms with E-state index in [1.54, 1.807) is 24.3 Å². The van der Waals surface area contributed by atoms with Gasteiger partial charge in [0.2, 0.25) is 15.9 Å². The third-order valence-corrected chi connectivity index (χ3v) is 8.50. The lowest BCUT2D eigenvalue weighted by molar-refractivity contribution is -0.136. The van der Waals surface area contributed by atoms with Crippen LogP contribution in [0.25, 0.3) is 0 Å². The molecule has 0 radical (unpaired) electrons. The predicted molar refractivity (Wildman–Crippen MR) is 105 cm³/mol. The van der Waals surface area contributed by atoms with Gasteiger partial charge in [-0.2, -0.15) is 4.31 Å². The first-order chi connectivity index (χ1) is 12.4. The van der Waals surface area contributed by atoms with Crippen LogP contribution in [-0.4, -0.2) is 49.7 Å². The van der Waals surface area contributed by atoms with Gasteiger partial charge in [0, 0.05) is 36.6 Å². The molecule has 2 fully saturated rings. The number of amides is 1. The Hall–Kier alpha value is -0.920. The van der Waals surface area contributed by atoms with Gasteiger partial charge in [-0.25, -0.2) is 8.42 Å². The normalized spacial score (nSPS) is 21.1. The zero-order valence-corrected chi connectivity index (χ0v) is 17.6. The standard InChI is InChI=1S/C19H27BrN2O3S/c1-15(14-16-6-2-3-7-16)19(23)21-10-12-22(13-11-21)26(24,25)18-9-5-4-8-17(18)20/h4-5,8-9,15-16H,2-3,6-7,10-14H2,1H3. The second-order valence-corrected chi connectivity index (χ2v) is 10.2. The summed E-state index contributed by atoms with van der Waals surface area (Å²) in [7, 11) is -3.53. The first-order valence-electron chi connectivity index (χ1n) is 9.43. The van der Waals surface area contributed by atoms with Crippen LogP contribution in [0.2, 0.25) is 0 Å². The van der Waals surface area contributed by atoms with Gasteiger partial charge < -0.3 is 4.90 Å². The number of carbonyl (C=O) groups excluding carboxylic acids is 1. The molecule has 0 N–H and O–H groups in total. The lowest BCUT2D eigenvalue weighted by Gasteiger charge is -2.35. The van der Waals surface area contributed by atoms with Crippen molar-refractivity contribution in [3.05, 3.63) is 28.7 Å². The highest BCUT2D eigenvalue weighted by Gasteiger charge is 2.33. The summed E-state index contributed by atoms with van der Waals surface area (Å²) in [5.41, 5.74) is 0. The number of piperazine rings is 1. The highest BCUT2D eigenvalue weighted by molar-refractivity contribution is 9.10. The average molecular weight is 443 g/mol. The summed E-state index contributed by atoms with van der Waals surface area (Å²) in [6.07, 6.45) is 6.04. The number of carbonyl (C=O) groups is 1. The van der Waals surface area contributed by atoms with Gasteiger partial charge in [-0.05, 0) is 40.4 Å². The van der Waals surface area contributed by atoms with Crippen molar-refractivity contribution in [2.75, 3.05) is 26.2 Å². The number of sulfonamides is 1. The Labute approximate surface area is 164 Å². The molecule has 1 saturated carbocycles. The molecular formula is C19H27BrN2O3S. The summed E-state index contributed by atoms with van der Waals surface area (Å²) in [6.45, 7) is 3.66. The smallest absolute Gasteiger partial charge is 0.244 e. The van der Waals surface area contributed by atoms with E-state index in [9.17, 15) is 13.2 Å². The van der Waals surface area contributed by atoms with E-state index in [1.165, 1.54) is 30.0 Å². The highest BCUT2D eigenvalue weighted by atomic mass is 79.9. The first-order valence-corrected chi connectivity index (χ1v) is 11.7. The van der Waals surface area contributed by atoms with Gasteiger partial charge in [-0.3, -0.25) is 4.79 Å². The van der Waals surface area contributed by atoms with E-state index in [-0.39, 0.29) is 16.7 Å². The van der Waals surface area contributed by atoms with E-state index in [1.807, 2.05) is 11.8 Å². The van der Waals surface area contributed by atoms with Gasteiger partial charge in [0.1, 0.15) is 0 Å². The van der Waals surface area contributed by atoms with Crippen LogP contribution in [0, 0.1) is 11.8 Å². The maximum atomic E-state index is 12.8. The van der Waals surface area contributed by atoms with Crippen molar-refractivity contribution >= 4 is 31.9 Å². The van der Waals surface area contributed by atoms with Gasteiger partial charge in [0.05, 0.1) is 4.90 Å². The van der Waals surface area contributed by atoms with E-state index in [4.69, 9.17) is 0 Å². The molecule has 1 saturated heterocycles. The Morgan fingerprint density at radius 1 is 1.15 bits per heavy atom. The topological polar surface area (TPSA) is 57.7 Å². The van der Waals surface area contributed by atoms with Crippen molar-refractivity contribution in [1.29, 1.82) is 0 Å². The lowest BCUT2D eigenvalue weighted by Crippen LogP contribution is -2.51. The van der Waals surface area contributed by atoms with Crippen molar-refractivity contribution in [3.63, 3.8) is 0 Å². The first kappa shape index (κ1) is 19.8. The van der Waals surface area contributed by atoms with E-state index >= 15 is 0 Å². The fourth-order valence-corrected chi connectivity index (χ4v) is 6.49. The van der Waals surface area contributed by atoms with Crippen LogP contribution in [-0.2, 0) is 14.8 Å². The number of benzene rings is 1. The van der Waals surface area contributed by atoms with Gasteiger partial charge in [0.15, 0.2) is 0 Å². The lowest BCUT2D eigenvalue weighted by atomic mass is 9.93. The third kappa shape index (κ3) is 4.31. The van der Waals surface area contributed by atoms with Gasteiger partial charge in [-0.15, -0.1) is 0 Å². The molecule has 0 bridgehead atoms. The van der Waals surface area contributed by atoms with Crippen LogP contribution in [0.1, 0.15) is 39.0 Å². The Morgan fingerprint density at radius 2 is 1.77 bits per heavy atom. The predicted octanol–water partition coefficient (Wildman–Crippen LogP) is 3.50. The molecule has 2 aliphatic rings. The number of rotatable bonds is 5. The van der Waals surface area contributed by atoms with Gasteiger partial charge in [0.25, 0.3) is 0 Å². The minimum absolute atomic E-state index is 0.0320. The van der Waals surface area contributed by atoms with E-state index in [2.05, 4.69) is 15.9 Å². The molecule has 1 aliphatic carbocycles. The molecule has 144 valence electrons. The van der Waals surface area contributed by atoms with Crippen molar-refractivity contribution in [1.82, 2.24) is 9.21 Å². The summed E-state index contributed by atoms with van der Waals surface area (Å²) >= 11 is 3.32. The van der Waals surface area contributed by atoms with Crippen LogP contribution in [0.5, 0.6) is 0 Å². The molecule has 1 aromatic carbocycles. The van der Waals surface area contributed by atoms with Crippen LogP contribution in [0.3, 0.4) is 0 Å². The van der Waals surface area contributed by atoms with E-state index in [0.717, 1.165) is 6.42 Å². The van der Waals surface area contributed by atoms with Crippen molar-refractivity contribution in [3.8, 4) is 0 Å². The summed E-state index contributed by atoms with van der Waals surface area (Å²) < 4.78 is 27.7. The van der Waals surface area contributed by atoms with Gasteiger partial charge in [-0.1, -0.05) is 44.7 Å². The number of hydrogen-bond acceptors (Lipinski definition) is 3. The largest absolute Gasteiger partial charge is 0.340 e. The van der Waals surface area contributed by atoms with Crippen molar-refractivity contribution in [2.45, 2.75) is 43.9 Å². The number of nitrogens with zero attached hydrogens (tertiary/aromatic N) is 2.